The van der Waals surface area contributed by atoms with Crippen LogP contribution in [0.3, 0.4) is 0 Å². The average Bonchev–Trinajstić information content (AvgIpc) is 3.11. The number of hydrogen-bond acceptors (Lipinski definition) is 5. The van der Waals surface area contributed by atoms with Crippen molar-refractivity contribution in [2.75, 3.05) is 11.9 Å². The van der Waals surface area contributed by atoms with Gasteiger partial charge in [0.05, 0.1) is 0 Å². The van der Waals surface area contributed by atoms with Crippen LogP contribution in [0.25, 0.3) is 0 Å². The third-order valence-electron chi connectivity index (χ3n) is 5.55. The van der Waals surface area contributed by atoms with Gasteiger partial charge in [0.2, 0.25) is 5.91 Å². The van der Waals surface area contributed by atoms with E-state index in [4.69, 9.17) is 5.73 Å². The molecule has 32 heavy (non-hydrogen) atoms. The van der Waals surface area contributed by atoms with Crippen molar-refractivity contribution in [2.45, 2.75) is 31.8 Å². The molecule has 0 spiro atoms. The number of carbonyl (C=O) groups excluding carboxylic acids is 4. The van der Waals surface area contributed by atoms with Gasteiger partial charge in [-0.15, -0.1) is 0 Å². The van der Waals surface area contributed by atoms with Gasteiger partial charge in [0.25, 0.3) is 0 Å². The van der Waals surface area contributed by atoms with Crippen molar-refractivity contribution >= 4 is 46.2 Å². The first-order valence-electron chi connectivity index (χ1n) is 10.3. The number of fused-ring (bicyclic) bond motifs is 1. The number of anilines is 1. The molecule has 2 heterocycles. The maximum atomic E-state index is 12.9. The topological polar surface area (TPSA) is 110 Å². The molecule has 2 aromatic rings. The summed E-state index contributed by atoms with van der Waals surface area (Å²) in [5.74, 6) is 5.69. The first kappa shape index (κ1) is 22.1. The number of primary amides is 1. The number of hydrogen-bond donors (Lipinski definition) is 2. The minimum atomic E-state index is -1.72. The molecule has 0 aliphatic carbocycles. The van der Waals surface area contributed by atoms with Gasteiger partial charge in [-0.3, -0.25) is 4.79 Å². The molecule has 160 valence electrons. The second-order valence-electron chi connectivity index (χ2n) is 7.65. The first-order chi connectivity index (χ1) is 15.4. The average molecular weight is 534 g/mol. The first-order valence-corrected chi connectivity index (χ1v) is 13.2. The van der Waals surface area contributed by atoms with Gasteiger partial charge in [-0.05, 0) is 24.3 Å². The second kappa shape index (κ2) is 9.57. The van der Waals surface area contributed by atoms with Crippen LogP contribution in [0.4, 0.5) is 5.69 Å². The molecule has 1 fully saturated rings. The van der Waals surface area contributed by atoms with Crippen molar-refractivity contribution in [1.82, 2.24) is 4.90 Å². The fourth-order valence-electron chi connectivity index (χ4n) is 3.88. The molecule has 3 N–H and O–H groups in total. The van der Waals surface area contributed by atoms with E-state index in [1.54, 1.807) is 35.2 Å². The number of nitrogens with zero attached hydrogens (tertiary/aromatic N) is 1. The molecule has 2 aliphatic heterocycles. The van der Waals surface area contributed by atoms with Crippen molar-refractivity contribution in [1.29, 1.82) is 0 Å². The Morgan fingerprint density at radius 2 is 1.94 bits per heavy atom. The molecule has 7 nitrogen and oxygen atoms in total. The summed E-state index contributed by atoms with van der Waals surface area (Å²) in [5, 5.41) is 3.24. The fourth-order valence-corrected chi connectivity index (χ4v) is 6.77. The van der Waals surface area contributed by atoms with Crippen molar-refractivity contribution in [3.05, 3.63) is 64.7 Å². The van der Waals surface area contributed by atoms with E-state index in [2.05, 4.69) is 17.2 Å². The van der Waals surface area contributed by atoms with E-state index in [0.29, 0.717) is 43.5 Å². The van der Waals surface area contributed by atoms with Crippen LogP contribution in [-0.4, -0.2) is 58.0 Å². The summed E-state index contributed by atoms with van der Waals surface area (Å²) in [6.45, 7) is 0.993. The smallest absolute Gasteiger partial charge is 0.0382 e. The molecule has 2 radical (unpaired) electrons. The maximum Gasteiger partial charge on any atom is -0.0382 e. The van der Waals surface area contributed by atoms with Crippen LogP contribution >= 0.6 is 0 Å². The van der Waals surface area contributed by atoms with E-state index in [1.807, 2.05) is 12.1 Å². The Balaban J connectivity index is 1.39. The maximum absolute atomic E-state index is 12.9. The summed E-state index contributed by atoms with van der Waals surface area (Å²) < 4.78 is 0.108. The Morgan fingerprint density at radius 3 is 2.66 bits per heavy atom. The minimum absolute atomic E-state index is 0.00595. The van der Waals surface area contributed by atoms with Gasteiger partial charge < -0.3 is 5.73 Å². The van der Waals surface area contributed by atoms with Gasteiger partial charge in [-0.2, -0.15) is 0 Å². The van der Waals surface area contributed by atoms with Crippen LogP contribution in [0.15, 0.2) is 42.5 Å². The molecular weight excluding hydrogens is 513 g/mol. The van der Waals surface area contributed by atoms with Crippen LogP contribution in [0.1, 0.15) is 51.1 Å². The standard InChI is InChI=1S/C24H21N3O4.Sn/c25-23(30)18-9-11-19(12-10-18)26-13-2-1-5-17-6-3-8-21-22(17)15-27(24(21)31)20(16-29)7-4-14-28;/h3,6,8-12,20,26H,2,4,7,13,15H2,(H2,25,30);. The predicted molar refractivity (Wildman–Crippen MR) is 120 cm³/mol. The number of amides is 2. The van der Waals surface area contributed by atoms with E-state index in [9.17, 15) is 19.2 Å². The molecule has 1 saturated heterocycles. The number of benzene rings is 2. The van der Waals surface area contributed by atoms with E-state index >= 15 is 0 Å². The number of nitrogens with one attached hydrogen (secondary N) is 1. The Labute approximate surface area is 195 Å². The summed E-state index contributed by atoms with van der Waals surface area (Å²) in [5.41, 5.74) is 8.82. The summed E-state index contributed by atoms with van der Waals surface area (Å²) >= 11 is -1.72. The molecule has 4 rings (SSSR count). The van der Waals surface area contributed by atoms with Crippen molar-refractivity contribution in [3.63, 3.8) is 0 Å². The molecule has 2 aromatic carbocycles. The molecule has 0 saturated carbocycles. The zero-order valence-corrected chi connectivity index (χ0v) is 20.2. The summed E-state index contributed by atoms with van der Waals surface area (Å²) in [6, 6.07) is 11.9. The van der Waals surface area contributed by atoms with Crippen LogP contribution < -0.4 is 11.1 Å². The Hall–Kier alpha value is -3.12. The van der Waals surface area contributed by atoms with E-state index < -0.39 is 33.1 Å². The normalized spacial score (nSPS) is 17.6. The molecule has 0 aromatic heterocycles. The van der Waals surface area contributed by atoms with Gasteiger partial charge in [-0.25, -0.2) is 0 Å². The summed E-state index contributed by atoms with van der Waals surface area (Å²) in [4.78, 5) is 49.6. The molecular formula is C24H21N3O4Sn. The van der Waals surface area contributed by atoms with Crippen LogP contribution in [-0.2, 0) is 16.1 Å². The Bertz CT molecular complexity index is 1160. The molecule has 8 heteroatoms. The van der Waals surface area contributed by atoms with Crippen LogP contribution in [0.2, 0.25) is 0 Å². The summed E-state index contributed by atoms with van der Waals surface area (Å²) in [6.07, 6.45) is 1.44. The quantitative estimate of drug-likeness (QED) is 0.344. The number of rotatable bonds is 5. The fraction of sp³-hybridized carbons (Fsp3) is 0.250. The van der Waals surface area contributed by atoms with Gasteiger partial charge in [-0.1, -0.05) is 0 Å². The largest absolute Gasteiger partial charge is 0.0474 e. The molecule has 0 bridgehead atoms. The molecule has 1 atom stereocenters. The summed E-state index contributed by atoms with van der Waals surface area (Å²) in [7, 11) is 0. The van der Waals surface area contributed by atoms with Crippen molar-refractivity contribution < 1.29 is 19.2 Å². The Morgan fingerprint density at radius 1 is 1.16 bits per heavy atom. The van der Waals surface area contributed by atoms with Crippen LogP contribution in [0, 0.1) is 11.8 Å². The van der Waals surface area contributed by atoms with Gasteiger partial charge in [0.1, 0.15) is 0 Å². The second-order valence-corrected chi connectivity index (χ2v) is 11.4. The van der Waals surface area contributed by atoms with Crippen molar-refractivity contribution in [3.8, 4) is 11.8 Å². The monoisotopic (exact) mass is 535 g/mol. The zero-order chi connectivity index (χ0) is 22.7. The van der Waals surface area contributed by atoms with Gasteiger partial charge in [0, 0.05) is 5.56 Å². The SMILES string of the molecule is NC(=O)c1ccc(NCCC#Cc2cccc3c2CN(C2CC[C](=O)[Sn][C]2=O)C3=O)cc1. The molecule has 1 unspecified atom stereocenters. The van der Waals surface area contributed by atoms with Gasteiger partial charge >= 0.3 is 150 Å². The molecule has 2 amide bonds. The number of nitrogens with two attached hydrogens (primary N) is 1. The van der Waals surface area contributed by atoms with E-state index in [-0.39, 0.29) is 13.5 Å². The van der Waals surface area contributed by atoms with E-state index in [1.165, 1.54) is 0 Å². The van der Waals surface area contributed by atoms with Crippen LogP contribution in [0.5, 0.6) is 0 Å². The third kappa shape index (κ3) is 4.70. The van der Waals surface area contributed by atoms with E-state index in [0.717, 1.165) is 16.8 Å². The van der Waals surface area contributed by atoms with Crippen molar-refractivity contribution in [2.24, 2.45) is 5.73 Å². The third-order valence-corrected chi connectivity index (χ3v) is 8.72. The van der Waals surface area contributed by atoms with Gasteiger partial charge in [0.15, 0.2) is 0 Å². The number of carbonyl (C=O) groups is 4. The predicted octanol–water partition coefficient (Wildman–Crippen LogP) is 1.51. The molecule has 2 aliphatic rings. The zero-order valence-electron chi connectivity index (χ0n) is 17.3. The Kier molecular flexibility index (Phi) is 6.60. The minimum Gasteiger partial charge on any atom is -0.0474 e.